The van der Waals surface area contributed by atoms with Gasteiger partial charge < -0.3 is 5.11 Å². The SMILES string of the molecule is CCn1ncnc1C(O)CSc1cccc(F)c1. The molecule has 1 aromatic heterocycles. The largest absolute Gasteiger partial charge is 0.384 e. The Labute approximate surface area is 109 Å². The number of aryl methyl sites for hydroxylation is 1. The van der Waals surface area contributed by atoms with Crippen LogP contribution in [0, 0.1) is 5.82 Å². The van der Waals surface area contributed by atoms with Gasteiger partial charge in [-0.05, 0) is 25.1 Å². The summed E-state index contributed by atoms with van der Waals surface area (Å²) >= 11 is 1.39. The fourth-order valence-corrected chi connectivity index (χ4v) is 2.45. The van der Waals surface area contributed by atoms with E-state index in [0.717, 1.165) is 4.90 Å². The Hall–Kier alpha value is -1.40. The standard InChI is InChI=1S/C12H14FN3OS/c1-2-16-12(14-8-15-16)11(17)7-18-10-5-3-4-9(13)6-10/h3-6,8,11,17H,2,7H2,1H3. The van der Waals surface area contributed by atoms with Crippen LogP contribution in [0.3, 0.4) is 0 Å². The van der Waals surface area contributed by atoms with Crippen molar-refractivity contribution in [2.24, 2.45) is 0 Å². The molecular weight excluding hydrogens is 253 g/mol. The van der Waals surface area contributed by atoms with Crippen molar-refractivity contribution in [1.29, 1.82) is 0 Å². The molecule has 1 atom stereocenters. The zero-order valence-corrected chi connectivity index (χ0v) is 10.8. The molecule has 1 aromatic carbocycles. The van der Waals surface area contributed by atoms with E-state index >= 15 is 0 Å². The second-order valence-corrected chi connectivity index (χ2v) is 4.81. The molecular formula is C12H14FN3OS. The first-order chi connectivity index (χ1) is 8.70. The molecule has 0 bridgehead atoms. The number of rotatable bonds is 5. The Bertz CT molecular complexity index is 518. The van der Waals surface area contributed by atoms with Crippen LogP contribution in [-0.4, -0.2) is 25.6 Å². The molecule has 1 unspecified atom stereocenters. The van der Waals surface area contributed by atoms with Crippen molar-refractivity contribution < 1.29 is 9.50 Å². The Morgan fingerprint density at radius 1 is 1.50 bits per heavy atom. The van der Waals surface area contributed by atoms with Crippen LogP contribution in [0.1, 0.15) is 18.9 Å². The molecule has 2 aromatic rings. The van der Waals surface area contributed by atoms with Crippen molar-refractivity contribution in [1.82, 2.24) is 14.8 Å². The van der Waals surface area contributed by atoms with E-state index in [1.54, 1.807) is 10.7 Å². The Morgan fingerprint density at radius 3 is 3.06 bits per heavy atom. The Balaban J connectivity index is 1.98. The molecule has 0 spiro atoms. The van der Waals surface area contributed by atoms with Crippen LogP contribution in [0.5, 0.6) is 0 Å². The first-order valence-corrected chi connectivity index (χ1v) is 6.63. The maximum Gasteiger partial charge on any atom is 0.156 e. The van der Waals surface area contributed by atoms with Gasteiger partial charge in [0.2, 0.25) is 0 Å². The van der Waals surface area contributed by atoms with Crippen LogP contribution >= 0.6 is 11.8 Å². The minimum Gasteiger partial charge on any atom is -0.384 e. The minimum absolute atomic E-state index is 0.272. The third-order valence-corrected chi connectivity index (χ3v) is 3.52. The van der Waals surface area contributed by atoms with Crippen LogP contribution in [0.25, 0.3) is 0 Å². The summed E-state index contributed by atoms with van der Waals surface area (Å²) in [5.74, 6) is 0.690. The van der Waals surface area contributed by atoms with Crippen molar-refractivity contribution in [3.05, 3.63) is 42.2 Å². The summed E-state index contributed by atoms with van der Waals surface area (Å²) in [7, 11) is 0. The van der Waals surface area contributed by atoms with Gasteiger partial charge in [-0.2, -0.15) is 5.10 Å². The fourth-order valence-electron chi connectivity index (χ4n) is 1.58. The van der Waals surface area contributed by atoms with Crippen LogP contribution in [0.15, 0.2) is 35.5 Å². The lowest BCUT2D eigenvalue weighted by Gasteiger charge is -2.10. The zero-order valence-electron chi connectivity index (χ0n) is 9.95. The third-order valence-electron chi connectivity index (χ3n) is 2.45. The fraction of sp³-hybridized carbons (Fsp3) is 0.333. The number of benzene rings is 1. The molecule has 96 valence electrons. The average molecular weight is 267 g/mol. The summed E-state index contributed by atoms with van der Waals surface area (Å²) in [6, 6.07) is 6.31. The second-order valence-electron chi connectivity index (χ2n) is 3.72. The summed E-state index contributed by atoms with van der Waals surface area (Å²) in [4.78, 5) is 4.82. The van der Waals surface area contributed by atoms with Crippen molar-refractivity contribution in [2.75, 3.05) is 5.75 Å². The van der Waals surface area contributed by atoms with Crippen molar-refractivity contribution >= 4 is 11.8 Å². The molecule has 0 saturated carbocycles. The maximum atomic E-state index is 13.0. The van der Waals surface area contributed by atoms with Gasteiger partial charge in [-0.1, -0.05) is 6.07 Å². The lowest BCUT2D eigenvalue weighted by atomic mass is 10.3. The summed E-state index contributed by atoms with van der Waals surface area (Å²) in [5.41, 5.74) is 0. The monoisotopic (exact) mass is 267 g/mol. The third kappa shape index (κ3) is 3.08. The minimum atomic E-state index is -0.708. The van der Waals surface area contributed by atoms with Crippen molar-refractivity contribution in [3.63, 3.8) is 0 Å². The molecule has 0 saturated heterocycles. The molecule has 0 aliphatic carbocycles. The molecule has 0 aliphatic rings. The predicted molar refractivity (Wildman–Crippen MR) is 67.8 cm³/mol. The Kier molecular flexibility index (Phi) is 4.33. The number of nitrogens with zero attached hydrogens (tertiary/aromatic N) is 3. The average Bonchev–Trinajstić information content (AvgIpc) is 2.84. The number of aliphatic hydroxyl groups excluding tert-OH is 1. The van der Waals surface area contributed by atoms with E-state index in [2.05, 4.69) is 10.1 Å². The first-order valence-electron chi connectivity index (χ1n) is 5.65. The molecule has 2 rings (SSSR count). The van der Waals surface area contributed by atoms with E-state index in [4.69, 9.17) is 0 Å². The molecule has 0 aliphatic heterocycles. The van der Waals surface area contributed by atoms with E-state index in [1.807, 2.05) is 13.0 Å². The highest BCUT2D eigenvalue weighted by Crippen LogP contribution is 2.24. The highest BCUT2D eigenvalue weighted by atomic mass is 32.2. The van der Waals surface area contributed by atoms with E-state index in [9.17, 15) is 9.50 Å². The molecule has 6 heteroatoms. The lowest BCUT2D eigenvalue weighted by Crippen LogP contribution is -2.11. The summed E-state index contributed by atoms with van der Waals surface area (Å²) in [6.07, 6.45) is 0.718. The Morgan fingerprint density at radius 2 is 2.33 bits per heavy atom. The molecule has 0 radical (unpaired) electrons. The van der Waals surface area contributed by atoms with Crippen LogP contribution in [0.2, 0.25) is 0 Å². The predicted octanol–water partition coefficient (Wildman–Crippen LogP) is 2.26. The molecule has 4 nitrogen and oxygen atoms in total. The van der Waals surface area contributed by atoms with Gasteiger partial charge in [-0.25, -0.2) is 14.1 Å². The summed E-state index contributed by atoms with van der Waals surface area (Å²) < 4.78 is 14.6. The topological polar surface area (TPSA) is 50.9 Å². The number of halogens is 1. The number of aliphatic hydroxyl groups is 1. The van der Waals surface area contributed by atoms with Gasteiger partial charge in [0, 0.05) is 17.2 Å². The van der Waals surface area contributed by atoms with E-state index in [-0.39, 0.29) is 5.82 Å². The van der Waals surface area contributed by atoms with E-state index in [1.165, 1.54) is 30.2 Å². The van der Waals surface area contributed by atoms with E-state index < -0.39 is 6.10 Å². The van der Waals surface area contributed by atoms with Gasteiger partial charge in [-0.3, -0.25) is 0 Å². The molecule has 1 heterocycles. The molecule has 0 amide bonds. The number of thioether (sulfide) groups is 1. The van der Waals surface area contributed by atoms with Crippen molar-refractivity contribution in [2.45, 2.75) is 24.5 Å². The van der Waals surface area contributed by atoms with Gasteiger partial charge in [-0.15, -0.1) is 11.8 Å². The zero-order chi connectivity index (χ0) is 13.0. The summed E-state index contributed by atoms with van der Waals surface area (Å²) in [6.45, 7) is 2.60. The maximum absolute atomic E-state index is 13.0. The number of hydrogen-bond acceptors (Lipinski definition) is 4. The van der Waals surface area contributed by atoms with Crippen LogP contribution in [-0.2, 0) is 6.54 Å². The van der Waals surface area contributed by atoms with Crippen LogP contribution < -0.4 is 0 Å². The molecule has 1 N–H and O–H groups in total. The van der Waals surface area contributed by atoms with Gasteiger partial charge in [0.25, 0.3) is 0 Å². The van der Waals surface area contributed by atoms with Crippen molar-refractivity contribution in [3.8, 4) is 0 Å². The quantitative estimate of drug-likeness (QED) is 0.844. The van der Waals surface area contributed by atoms with Gasteiger partial charge in [0.15, 0.2) is 5.82 Å². The normalized spacial score (nSPS) is 12.6. The van der Waals surface area contributed by atoms with Gasteiger partial charge in [0.1, 0.15) is 18.2 Å². The highest BCUT2D eigenvalue weighted by Gasteiger charge is 2.14. The van der Waals surface area contributed by atoms with Gasteiger partial charge in [0.05, 0.1) is 0 Å². The molecule has 18 heavy (non-hydrogen) atoms. The highest BCUT2D eigenvalue weighted by molar-refractivity contribution is 7.99. The smallest absolute Gasteiger partial charge is 0.156 e. The first kappa shape index (κ1) is 13.0. The number of aromatic nitrogens is 3. The van der Waals surface area contributed by atoms with E-state index in [0.29, 0.717) is 18.1 Å². The lowest BCUT2D eigenvalue weighted by molar-refractivity contribution is 0.187. The number of hydrogen-bond donors (Lipinski definition) is 1. The summed E-state index contributed by atoms with van der Waals surface area (Å²) in [5, 5.41) is 14.0. The van der Waals surface area contributed by atoms with Gasteiger partial charge >= 0.3 is 0 Å². The van der Waals surface area contributed by atoms with Crippen LogP contribution in [0.4, 0.5) is 4.39 Å². The molecule has 0 fully saturated rings. The second kappa shape index (κ2) is 5.97.